The fraction of sp³-hybridized carbons (Fsp3) is 0.652. The monoisotopic (exact) mass is 908 g/mol. The van der Waals surface area contributed by atoms with Crippen LogP contribution in [0.4, 0.5) is 9.93 Å². The van der Waals surface area contributed by atoms with Crippen LogP contribution in [0, 0.1) is 35.0 Å². The largest absolute Gasteiger partial charge is 0.491 e. The van der Waals surface area contributed by atoms with Crippen LogP contribution in [0.5, 0.6) is 11.5 Å². The average molecular weight is 910 g/mol. The number of fused-ring (bicyclic) bond motifs is 2. The number of alkyl carbamates (subject to hydrolysis) is 1. The Morgan fingerprint density at radius 3 is 2.40 bits per heavy atom. The van der Waals surface area contributed by atoms with Crippen LogP contribution in [0.3, 0.4) is 0 Å². The maximum Gasteiger partial charge on any atom is 0.408 e. The van der Waals surface area contributed by atoms with Crippen LogP contribution in [0.2, 0.25) is 5.02 Å². The minimum Gasteiger partial charge on any atom is -0.491 e. The van der Waals surface area contributed by atoms with Crippen molar-refractivity contribution in [3.63, 3.8) is 0 Å². The molecule has 9 atom stereocenters. The van der Waals surface area contributed by atoms with Crippen molar-refractivity contribution in [3.8, 4) is 22.9 Å². The number of hydrogen-bond donors (Lipinski definition) is 4. The number of aliphatic carboxylic acids is 1. The van der Waals surface area contributed by atoms with Crippen molar-refractivity contribution in [3.05, 3.63) is 28.6 Å². The number of nitrogens with zero attached hydrogens (tertiary/aromatic N) is 3. The molecule has 4 aliphatic carbocycles. The van der Waals surface area contributed by atoms with Crippen molar-refractivity contribution in [1.29, 1.82) is 0 Å². The number of benzene rings is 1. The molecule has 342 valence electrons. The third kappa shape index (κ3) is 10.0. The van der Waals surface area contributed by atoms with Gasteiger partial charge in [-0.2, -0.15) is 0 Å². The number of halogens is 1. The van der Waals surface area contributed by atoms with E-state index in [4.69, 9.17) is 40.5 Å². The zero-order valence-electron chi connectivity index (χ0n) is 37.0. The van der Waals surface area contributed by atoms with Crippen LogP contribution in [-0.4, -0.2) is 113 Å². The molecule has 3 aromatic rings. The number of hydrogen-bond acceptors (Lipinski definition) is 13. The van der Waals surface area contributed by atoms with Crippen molar-refractivity contribution in [2.24, 2.45) is 35.0 Å². The minimum absolute atomic E-state index is 0.121. The SMILES string of the molecule is CC[C@H]1C[C@]1(NC(=O)[C@@H]1C[C@@H](Oc2cc(-c3csc(NC(C)C)n3)nc3c(Cl)c(OCCN4CCOCC4)ccc23)CC1C(=O)[C@@H](NC(=O)O[C@@H]1C[C@@H]2C[C@@H]2C1)C(C)(C)C)C(=O)O. The van der Waals surface area contributed by atoms with Gasteiger partial charge in [-0.15, -0.1) is 11.3 Å². The summed E-state index contributed by atoms with van der Waals surface area (Å²) in [5, 5.41) is 22.9. The van der Waals surface area contributed by atoms with Crippen LogP contribution < -0.4 is 25.4 Å². The lowest BCUT2D eigenvalue weighted by Gasteiger charge is -2.33. The van der Waals surface area contributed by atoms with Gasteiger partial charge in [-0.3, -0.25) is 14.5 Å². The molecule has 4 N–H and O–H groups in total. The zero-order valence-corrected chi connectivity index (χ0v) is 38.6. The number of anilines is 1. The number of amides is 2. The van der Waals surface area contributed by atoms with Gasteiger partial charge in [-0.05, 0) is 87.7 Å². The van der Waals surface area contributed by atoms with Crippen molar-refractivity contribution in [1.82, 2.24) is 25.5 Å². The molecular formula is C46H61ClN6O9S. The number of pyridine rings is 1. The van der Waals surface area contributed by atoms with Gasteiger partial charge in [0.25, 0.3) is 0 Å². The lowest BCUT2D eigenvalue weighted by Crippen LogP contribution is -2.54. The number of carboxylic acid groups (broad SMARTS) is 1. The van der Waals surface area contributed by atoms with Crippen molar-refractivity contribution >= 4 is 62.7 Å². The first-order chi connectivity index (χ1) is 30.0. The standard InChI is InChI=1S/C46H61ClN6O9S/c1-7-27-22-46(27,42(56)57)52-41(55)32-20-29(19-31(32)39(54)40(45(4,5)6)51-44(58)62-28-17-25-16-26(25)18-28)61-36-21-33(34-23-63-43(50-34)48-24(2)3)49-38-30(36)8-9-35(37(38)47)60-15-12-53-10-13-59-14-11-53/h8-9,21,23-29,31-32,40H,7,10-20,22H2,1-6H3,(H,48,50)(H,51,58)(H,52,55)(H,56,57)/t25-,26+,27-,28+,29-,31?,32+,40+,46+/m0/s1. The van der Waals surface area contributed by atoms with Crippen molar-refractivity contribution < 1.29 is 43.2 Å². The van der Waals surface area contributed by atoms with E-state index in [1.165, 1.54) is 17.8 Å². The summed E-state index contributed by atoms with van der Waals surface area (Å²) in [6, 6.07) is 4.61. The van der Waals surface area contributed by atoms with E-state index in [-0.39, 0.29) is 36.7 Å². The van der Waals surface area contributed by atoms with Gasteiger partial charge in [0.1, 0.15) is 46.6 Å². The first-order valence-electron chi connectivity index (χ1n) is 22.5. The highest BCUT2D eigenvalue weighted by Gasteiger charge is 2.62. The zero-order chi connectivity index (χ0) is 44.8. The number of carboxylic acids is 1. The minimum atomic E-state index is -1.39. The van der Waals surface area contributed by atoms with Crippen LogP contribution in [0.15, 0.2) is 23.6 Å². The van der Waals surface area contributed by atoms with Gasteiger partial charge >= 0.3 is 12.1 Å². The van der Waals surface area contributed by atoms with Gasteiger partial charge in [-0.1, -0.05) is 45.7 Å². The van der Waals surface area contributed by atoms with Gasteiger partial charge in [-0.25, -0.2) is 19.6 Å². The summed E-state index contributed by atoms with van der Waals surface area (Å²) in [5.41, 5.74) is -0.577. The van der Waals surface area contributed by atoms with E-state index in [0.29, 0.717) is 89.9 Å². The Morgan fingerprint density at radius 2 is 1.73 bits per heavy atom. The van der Waals surface area contributed by atoms with Gasteiger partial charge in [0.2, 0.25) is 5.91 Å². The Morgan fingerprint density at radius 1 is 1.00 bits per heavy atom. The van der Waals surface area contributed by atoms with Crippen LogP contribution in [0.1, 0.15) is 86.5 Å². The number of nitrogens with one attached hydrogen (secondary N) is 3. The Labute approximate surface area is 377 Å². The Kier molecular flexibility index (Phi) is 13.2. The van der Waals surface area contributed by atoms with Crippen LogP contribution in [-0.2, 0) is 23.9 Å². The number of Topliss-reactive ketones (excluding diaryl/α,β-unsaturated/α-hetero) is 1. The van der Waals surface area contributed by atoms with E-state index < -0.39 is 52.9 Å². The molecule has 0 spiro atoms. The maximum absolute atomic E-state index is 14.9. The second kappa shape index (κ2) is 18.3. The molecule has 1 saturated heterocycles. The van der Waals surface area contributed by atoms with E-state index in [0.717, 1.165) is 31.1 Å². The molecule has 5 fully saturated rings. The van der Waals surface area contributed by atoms with E-state index in [1.807, 2.05) is 53.0 Å². The molecule has 0 radical (unpaired) electrons. The molecule has 4 saturated carbocycles. The fourth-order valence-electron chi connectivity index (χ4n) is 9.83. The number of rotatable bonds is 17. The fourth-order valence-corrected chi connectivity index (χ4v) is 10.9. The number of aromatic nitrogens is 2. The quantitative estimate of drug-likeness (QED) is 0.107. The predicted octanol–water partition coefficient (Wildman–Crippen LogP) is 7.19. The van der Waals surface area contributed by atoms with Gasteiger partial charge < -0.3 is 40.0 Å². The third-order valence-electron chi connectivity index (χ3n) is 13.5. The lowest BCUT2D eigenvalue weighted by atomic mass is 9.77. The van der Waals surface area contributed by atoms with Crippen molar-refractivity contribution in [2.45, 2.75) is 116 Å². The second-order valence-electron chi connectivity index (χ2n) is 19.5. The molecule has 2 aromatic heterocycles. The van der Waals surface area contributed by atoms with Gasteiger partial charge in [0, 0.05) is 48.4 Å². The van der Waals surface area contributed by atoms with E-state index >= 15 is 0 Å². The molecule has 63 heavy (non-hydrogen) atoms. The average Bonchev–Trinajstić information content (AvgIpc) is 3.91. The summed E-state index contributed by atoms with van der Waals surface area (Å²) < 4.78 is 24.4. The highest BCUT2D eigenvalue weighted by molar-refractivity contribution is 7.14. The molecule has 1 aromatic carbocycles. The molecule has 0 bridgehead atoms. The molecule has 2 amide bonds. The summed E-state index contributed by atoms with van der Waals surface area (Å²) >= 11 is 8.57. The summed E-state index contributed by atoms with van der Waals surface area (Å²) in [4.78, 5) is 67.3. The molecule has 8 rings (SSSR count). The Hall–Kier alpha value is -4.25. The molecule has 1 aliphatic heterocycles. The topological polar surface area (TPSA) is 191 Å². The Bertz CT molecular complexity index is 2200. The normalized spacial score (nSPS) is 28.3. The van der Waals surface area contributed by atoms with E-state index in [9.17, 15) is 24.3 Å². The highest BCUT2D eigenvalue weighted by atomic mass is 35.5. The van der Waals surface area contributed by atoms with Gasteiger partial charge in [0.05, 0.1) is 36.4 Å². The number of thiazole rings is 1. The van der Waals surface area contributed by atoms with Crippen LogP contribution >= 0.6 is 22.9 Å². The third-order valence-corrected chi connectivity index (χ3v) is 14.7. The maximum atomic E-state index is 14.9. The molecule has 15 nitrogen and oxygen atoms in total. The summed E-state index contributed by atoms with van der Waals surface area (Å²) in [7, 11) is 0. The van der Waals surface area contributed by atoms with Gasteiger partial charge in [0.15, 0.2) is 10.9 Å². The first kappa shape index (κ1) is 45.3. The predicted molar refractivity (Wildman–Crippen MR) is 239 cm³/mol. The number of morpholine rings is 1. The number of ketones is 1. The molecule has 1 unspecified atom stereocenters. The molecule has 17 heteroatoms. The Balaban J connectivity index is 1.09. The summed E-state index contributed by atoms with van der Waals surface area (Å²) in [5.74, 6) is -1.89. The number of ether oxygens (including phenoxy) is 4. The molecular weight excluding hydrogens is 848 g/mol. The summed E-state index contributed by atoms with van der Waals surface area (Å²) in [6.45, 7) is 15.7. The molecule has 5 aliphatic rings. The smallest absolute Gasteiger partial charge is 0.408 e. The summed E-state index contributed by atoms with van der Waals surface area (Å²) in [6.07, 6.45) is 2.50. The van der Waals surface area contributed by atoms with E-state index in [2.05, 4.69) is 20.9 Å². The van der Waals surface area contributed by atoms with Crippen LogP contribution in [0.25, 0.3) is 22.3 Å². The highest BCUT2D eigenvalue weighted by Crippen LogP contribution is 2.53. The van der Waals surface area contributed by atoms with Crippen molar-refractivity contribution in [2.75, 3.05) is 44.8 Å². The van der Waals surface area contributed by atoms with E-state index in [1.54, 1.807) is 12.1 Å². The second-order valence-corrected chi connectivity index (χ2v) is 20.8. The molecule has 3 heterocycles. The first-order valence-corrected chi connectivity index (χ1v) is 23.8. The number of carbonyl (C=O) groups excluding carboxylic acids is 3. The number of carbonyl (C=O) groups is 4. The lowest BCUT2D eigenvalue weighted by molar-refractivity contribution is -0.145.